The average Bonchev–Trinajstić information content (AvgIpc) is 3.09. The van der Waals surface area contributed by atoms with Crippen LogP contribution in [-0.4, -0.2) is 47.6 Å². The zero-order chi connectivity index (χ0) is 26.0. The van der Waals surface area contributed by atoms with E-state index in [1.54, 1.807) is 0 Å². The molecule has 0 spiro atoms. The average molecular weight is 516 g/mol. The summed E-state index contributed by atoms with van der Waals surface area (Å²) in [5.41, 5.74) is 0. The summed E-state index contributed by atoms with van der Waals surface area (Å²) in [6.45, 7) is 1.34. The van der Waals surface area contributed by atoms with Crippen molar-refractivity contribution < 1.29 is 74.6 Å². The van der Waals surface area contributed by atoms with Gasteiger partial charge < -0.3 is 0 Å². The zero-order valence-corrected chi connectivity index (χ0v) is 15.4. The van der Waals surface area contributed by atoms with Crippen LogP contribution in [0.1, 0.15) is 32.6 Å². The SMILES string of the molecule is CCC1CCC(C(F)(F)C(F)(F)C(F)(F)C(F)(F)C(F)(F)C(F)(F)C(F)(F)C(F)(F)F)C1. The maximum Gasteiger partial charge on any atom is 0.460 e. The molecule has 0 saturated heterocycles. The van der Waals surface area contributed by atoms with E-state index in [4.69, 9.17) is 0 Å². The highest BCUT2D eigenvalue weighted by atomic mass is 19.4. The summed E-state index contributed by atoms with van der Waals surface area (Å²) in [6, 6.07) is 0. The van der Waals surface area contributed by atoms with Crippen molar-refractivity contribution >= 4 is 0 Å². The first kappa shape index (κ1) is 28.8. The van der Waals surface area contributed by atoms with Crippen molar-refractivity contribution in [1.82, 2.24) is 0 Å². The van der Waals surface area contributed by atoms with Crippen LogP contribution in [0.25, 0.3) is 0 Å². The van der Waals surface area contributed by atoms with Gasteiger partial charge in [-0.05, 0) is 25.2 Å². The van der Waals surface area contributed by atoms with Crippen LogP contribution in [0.15, 0.2) is 0 Å². The van der Waals surface area contributed by atoms with Crippen molar-refractivity contribution in [3.63, 3.8) is 0 Å². The van der Waals surface area contributed by atoms with E-state index in [9.17, 15) is 74.6 Å². The van der Waals surface area contributed by atoms with Crippen molar-refractivity contribution in [2.75, 3.05) is 0 Å². The van der Waals surface area contributed by atoms with Crippen LogP contribution < -0.4 is 0 Å². The van der Waals surface area contributed by atoms with Gasteiger partial charge >= 0.3 is 47.6 Å². The monoisotopic (exact) mass is 516 g/mol. The van der Waals surface area contributed by atoms with E-state index in [1.165, 1.54) is 6.92 Å². The molecule has 17 heteroatoms. The van der Waals surface area contributed by atoms with E-state index in [0.717, 1.165) is 0 Å². The number of rotatable bonds is 8. The lowest BCUT2D eigenvalue weighted by molar-refractivity contribution is -0.463. The molecule has 0 radical (unpaired) electrons. The van der Waals surface area contributed by atoms with Gasteiger partial charge in [0.25, 0.3) is 0 Å². The Kier molecular flexibility index (Phi) is 6.91. The molecule has 1 rings (SSSR count). The fourth-order valence-corrected chi connectivity index (χ4v) is 3.21. The molecule has 0 N–H and O–H groups in total. The van der Waals surface area contributed by atoms with Gasteiger partial charge in [0.1, 0.15) is 0 Å². The zero-order valence-electron chi connectivity index (χ0n) is 15.4. The molecule has 0 nitrogen and oxygen atoms in total. The quantitative estimate of drug-likeness (QED) is 0.289. The molecule has 0 aromatic carbocycles. The summed E-state index contributed by atoms with van der Waals surface area (Å²) in [7, 11) is 0. The number of alkyl halides is 17. The highest BCUT2D eigenvalue weighted by Gasteiger charge is 2.95. The molecule has 1 aliphatic carbocycles. The van der Waals surface area contributed by atoms with Gasteiger partial charge in [-0.25, -0.2) is 0 Å². The molecule has 0 amide bonds. The van der Waals surface area contributed by atoms with Gasteiger partial charge in [-0.3, -0.25) is 0 Å². The third-order valence-electron chi connectivity index (χ3n) is 5.38. The van der Waals surface area contributed by atoms with Gasteiger partial charge in [-0.2, -0.15) is 74.6 Å². The predicted octanol–water partition coefficient (Wildman–Crippen LogP) is 7.82. The Labute approximate surface area is 168 Å². The van der Waals surface area contributed by atoms with Crippen LogP contribution in [0, 0.1) is 11.8 Å². The van der Waals surface area contributed by atoms with Gasteiger partial charge in [-0.1, -0.05) is 13.3 Å². The fraction of sp³-hybridized carbons (Fsp3) is 1.00. The van der Waals surface area contributed by atoms with Crippen LogP contribution >= 0.6 is 0 Å². The summed E-state index contributed by atoms with van der Waals surface area (Å²) in [5, 5.41) is 0. The molecule has 0 aliphatic heterocycles. The lowest BCUT2D eigenvalue weighted by atomic mass is 9.84. The first-order valence-electron chi connectivity index (χ1n) is 8.50. The summed E-state index contributed by atoms with van der Waals surface area (Å²) in [4.78, 5) is 0. The highest BCUT2D eigenvalue weighted by molar-refractivity contribution is 5.16. The molecule has 1 fully saturated rings. The first-order chi connectivity index (χ1) is 13.8. The molecule has 0 bridgehead atoms. The van der Waals surface area contributed by atoms with Gasteiger partial charge in [0.2, 0.25) is 0 Å². The molecule has 0 heterocycles. The minimum absolute atomic E-state index is 0.0293. The second-order valence-corrected chi connectivity index (χ2v) is 7.35. The van der Waals surface area contributed by atoms with Crippen molar-refractivity contribution in [3.8, 4) is 0 Å². The van der Waals surface area contributed by atoms with E-state index in [0.29, 0.717) is 0 Å². The molecule has 2 atom stereocenters. The van der Waals surface area contributed by atoms with Crippen molar-refractivity contribution in [1.29, 1.82) is 0 Å². The minimum Gasteiger partial charge on any atom is -0.199 e. The second-order valence-electron chi connectivity index (χ2n) is 7.35. The summed E-state index contributed by atoms with van der Waals surface area (Å²) in [6.07, 6.45) is -10.00. The van der Waals surface area contributed by atoms with Gasteiger partial charge in [-0.15, -0.1) is 0 Å². The van der Waals surface area contributed by atoms with E-state index >= 15 is 0 Å². The number of halogens is 17. The van der Waals surface area contributed by atoms with Crippen molar-refractivity contribution in [2.45, 2.75) is 80.2 Å². The van der Waals surface area contributed by atoms with Gasteiger partial charge in [0.05, 0.1) is 0 Å². The smallest absolute Gasteiger partial charge is 0.199 e. The van der Waals surface area contributed by atoms with E-state index in [-0.39, 0.29) is 12.8 Å². The van der Waals surface area contributed by atoms with E-state index in [2.05, 4.69) is 0 Å². The molecule has 32 heavy (non-hydrogen) atoms. The van der Waals surface area contributed by atoms with Crippen LogP contribution in [0.2, 0.25) is 0 Å². The van der Waals surface area contributed by atoms with Gasteiger partial charge in [0.15, 0.2) is 0 Å². The van der Waals surface area contributed by atoms with Crippen LogP contribution in [0.5, 0.6) is 0 Å². The fourth-order valence-electron chi connectivity index (χ4n) is 3.21. The summed E-state index contributed by atoms with van der Waals surface area (Å²) < 4.78 is 225. The molecule has 1 aliphatic rings. The second kappa shape index (κ2) is 7.67. The molecule has 192 valence electrons. The van der Waals surface area contributed by atoms with Crippen LogP contribution in [0.3, 0.4) is 0 Å². The molecule has 0 aromatic rings. The van der Waals surface area contributed by atoms with Crippen LogP contribution in [-0.2, 0) is 0 Å². The summed E-state index contributed by atoms with van der Waals surface area (Å²) >= 11 is 0. The summed E-state index contributed by atoms with van der Waals surface area (Å²) in [5.74, 6) is -59.3. The predicted molar refractivity (Wildman–Crippen MR) is 71.8 cm³/mol. The topological polar surface area (TPSA) is 0 Å². The molecule has 2 unspecified atom stereocenters. The molecular formula is C15H13F17. The highest BCUT2D eigenvalue weighted by Crippen LogP contribution is 2.65. The van der Waals surface area contributed by atoms with Crippen molar-refractivity contribution in [2.24, 2.45) is 11.8 Å². The standard InChI is InChI=1S/C15H13F17/c1-2-6-3-4-7(5-6)8(16,17)9(18,19)10(20,21)11(22,23)12(24,25)13(26,27)14(28,29)15(30,31)32/h6-7H,2-5H2,1H3. The Morgan fingerprint density at radius 2 is 0.844 bits per heavy atom. The largest absolute Gasteiger partial charge is 0.460 e. The lowest BCUT2D eigenvalue weighted by Gasteiger charge is -2.43. The minimum atomic E-state index is -8.57. The Balaban J connectivity index is 3.55. The lowest BCUT2D eigenvalue weighted by Crippen LogP contribution is -2.74. The maximum atomic E-state index is 14.0. The van der Waals surface area contributed by atoms with E-state index in [1.807, 2.05) is 0 Å². The third kappa shape index (κ3) is 3.59. The molecule has 1 saturated carbocycles. The molecule has 0 aromatic heterocycles. The molecular weight excluding hydrogens is 503 g/mol. The number of hydrogen-bond donors (Lipinski definition) is 0. The van der Waals surface area contributed by atoms with Gasteiger partial charge in [0, 0.05) is 5.92 Å². The van der Waals surface area contributed by atoms with E-state index < -0.39 is 72.3 Å². The Hall–Kier alpha value is -1.19. The van der Waals surface area contributed by atoms with Crippen molar-refractivity contribution in [3.05, 3.63) is 0 Å². The number of hydrogen-bond acceptors (Lipinski definition) is 0. The Morgan fingerprint density at radius 1 is 0.500 bits per heavy atom. The normalized spacial score (nSPS) is 23.1. The first-order valence-corrected chi connectivity index (χ1v) is 8.50. The Bertz CT molecular complexity index is 674. The Morgan fingerprint density at radius 3 is 1.16 bits per heavy atom. The third-order valence-corrected chi connectivity index (χ3v) is 5.38. The van der Waals surface area contributed by atoms with Crippen LogP contribution in [0.4, 0.5) is 74.6 Å². The maximum absolute atomic E-state index is 14.0.